The van der Waals surface area contributed by atoms with E-state index in [1.54, 1.807) is 24.3 Å². The predicted molar refractivity (Wildman–Crippen MR) is 171 cm³/mol. The number of nitrogens with zero attached hydrogens (tertiary/aromatic N) is 1. The van der Waals surface area contributed by atoms with Crippen LogP contribution in [0.3, 0.4) is 0 Å². The van der Waals surface area contributed by atoms with Gasteiger partial charge >= 0.3 is 6.18 Å². The lowest BCUT2D eigenvalue weighted by molar-refractivity contribution is -0.137. The molecule has 4 aromatic carbocycles. The van der Waals surface area contributed by atoms with Crippen LogP contribution in [0.25, 0.3) is 10.8 Å². The molecule has 0 bridgehead atoms. The lowest BCUT2D eigenvalue weighted by atomic mass is 10.0. The van der Waals surface area contributed by atoms with Crippen LogP contribution in [0.5, 0.6) is 0 Å². The second-order valence-electron chi connectivity index (χ2n) is 10.8. The predicted octanol–water partition coefficient (Wildman–Crippen LogP) is 4.82. The number of alkyl halides is 3. The highest BCUT2D eigenvalue weighted by atomic mass is 19.4. The number of benzene rings is 4. The van der Waals surface area contributed by atoms with Gasteiger partial charge in [-0.2, -0.15) is 13.2 Å². The SMILES string of the molecule is C[C@H](NC(=O)[C@H](CCCN=C(N)N)NC(=O)c1ccc(CNC(=O)c2ccc(C(F)(F)F)cc2)cc1)c1ccc2ccccc2c1. The highest BCUT2D eigenvalue weighted by molar-refractivity contribution is 5.98. The first-order valence-electron chi connectivity index (χ1n) is 14.6. The third kappa shape index (κ3) is 9.31. The lowest BCUT2D eigenvalue weighted by Crippen LogP contribution is -2.47. The average Bonchev–Trinajstić information content (AvgIpc) is 3.04. The van der Waals surface area contributed by atoms with E-state index in [1.807, 2.05) is 49.4 Å². The topological polar surface area (TPSA) is 152 Å². The first-order valence-corrected chi connectivity index (χ1v) is 14.6. The summed E-state index contributed by atoms with van der Waals surface area (Å²) in [5, 5.41) is 10.6. The van der Waals surface area contributed by atoms with Crippen LogP contribution in [-0.4, -0.2) is 36.3 Å². The van der Waals surface area contributed by atoms with E-state index < -0.39 is 29.6 Å². The Morgan fingerprint density at radius 2 is 1.43 bits per heavy atom. The van der Waals surface area contributed by atoms with Crippen molar-refractivity contribution in [2.75, 3.05) is 6.54 Å². The zero-order valence-corrected chi connectivity index (χ0v) is 25.1. The van der Waals surface area contributed by atoms with Crippen LogP contribution in [0.15, 0.2) is 96.0 Å². The van der Waals surface area contributed by atoms with E-state index in [2.05, 4.69) is 20.9 Å². The van der Waals surface area contributed by atoms with Crippen molar-refractivity contribution in [3.8, 4) is 0 Å². The summed E-state index contributed by atoms with van der Waals surface area (Å²) in [6.07, 6.45) is -3.76. The molecule has 12 heteroatoms. The van der Waals surface area contributed by atoms with Crippen LogP contribution in [-0.2, 0) is 17.5 Å². The molecule has 2 atom stereocenters. The number of nitrogens with one attached hydrogen (secondary N) is 3. The van der Waals surface area contributed by atoms with Gasteiger partial charge in [-0.25, -0.2) is 0 Å². The van der Waals surface area contributed by atoms with Crippen LogP contribution < -0.4 is 27.4 Å². The van der Waals surface area contributed by atoms with Crippen LogP contribution in [0.1, 0.15) is 63.2 Å². The Balaban J connectivity index is 1.37. The van der Waals surface area contributed by atoms with Crippen LogP contribution in [0, 0.1) is 0 Å². The van der Waals surface area contributed by atoms with Gasteiger partial charge in [0.15, 0.2) is 5.96 Å². The first-order chi connectivity index (χ1) is 21.9. The van der Waals surface area contributed by atoms with Gasteiger partial charge in [-0.15, -0.1) is 0 Å². The standard InChI is InChI=1S/C34H35F3N6O3/c1-21(26-13-12-23-5-2-3-6-27(23)19-26)42-32(46)29(7-4-18-40-33(38)39)43-31(45)25-10-8-22(9-11-25)20-41-30(44)24-14-16-28(17-15-24)34(35,36)37/h2-3,5-6,8-17,19,21,29H,4,7,18,20H2,1H3,(H,41,44)(H,42,46)(H,43,45)(H4,38,39,40)/t21-,29-/m0/s1. The van der Waals surface area contributed by atoms with Crippen LogP contribution in [0.2, 0.25) is 0 Å². The van der Waals surface area contributed by atoms with Crippen molar-refractivity contribution in [1.82, 2.24) is 16.0 Å². The van der Waals surface area contributed by atoms with Gasteiger partial charge in [-0.1, -0.05) is 48.5 Å². The van der Waals surface area contributed by atoms with Gasteiger partial charge in [-0.05, 0) is 84.1 Å². The molecule has 4 aromatic rings. The Kier molecular flexibility index (Phi) is 11.0. The summed E-state index contributed by atoms with van der Waals surface area (Å²) in [6.45, 7) is 2.24. The Bertz CT molecular complexity index is 1700. The molecule has 0 aliphatic carbocycles. The van der Waals surface area contributed by atoms with Gasteiger partial charge in [-0.3, -0.25) is 19.4 Å². The first kappa shape index (κ1) is 33.5. The van der Waals surface area contributed by atoms with E-state index in [1.165, 1.54) is 0 Å². The van der Waals surface area contributed by atoms with E-state index in [9.17, 15) is 27.6 Å². The number of carbonyl (C=O) groups excluding carboxylic acids is 3. The van der Waals surface area contributed by atoms with Gasteiger partial charge in [0, 0.05) is 24.2 Å². The Hall–Kier alpha value is -5.39. The third-order valence-electron chi connectivity index (χ3n) is 7.34. The minimum Gasteiger partial charge on any atom is -0.370 e. The lowest BCUT2D eigenvalue weighted by Gasteiger charge is -2.22. The molecule has 0 aliphatic rings. The Labute approximate surface area is 264 Å². The molecule has 0 saturated carbocycles. The average molecular weight is 633 g/mol. The van der Waals surface area contributed by atoms with E-state index >= 15 is 0 Å². The molecular formula is C34H35F3N6O3. The summed E-state index contributed by atoms with van der Waals surface area (Å²) < 4.78 is 38.3. The summed E-state index contributed by atoms with van der Waals surface area (Å²) >= 11 is 0. The van der Waals surface area contributed by atoms with E-state index in [0.29, 0.717) is 17.5 Å². The third-order valence-corrected chi connectivity index (χ3v) is 7.34. The van der Waals surface area contributed by atoms with Crippen LogP contribution >= 0.6 is 0 Å². The quantitative estimate of drug-likeness (QED) is 0.0862. The molecular weight excluding hydrogens is 597 g/mol. The zero-order valence-electron chi connectivity index (χ0n) is 25.1. The van der Waals surface area contributed by atoms with Crippen molar-refractivity contribution in [3.05, 3.63) is 119 Å². The summed E-state index contributed by atoms with van der Waals surface area (Å²) in [6, 6.07) is 23.0. The van der Waals surface area contributed by atoms with E-state index in [4.69, 9.17) is 11.5 Å². The molecule has 0 fully saturated rings. The van der Waals surface area contributed by atoms with Gasteiger partial charge < -0.3 is 27.4 Å². The van der Waals surface area contributed by atoms with Crippen molar-refractivity contribution in [3.63, 3.8) is 0 Å². The summed E-state index contributed by atoms with van der Waals surface area (Å²) in [5.74, 6) is -1.43. The highest BCUT2D eigenvalue weighted by Gasteiger charge is 2.30. The van der Waals surface area contributed by atoms with Crippen molar-refractivity contribution < 1.29 is 27.6 Å². The maximum absolute atomic E-state index is 13.4. The maximum Gasteiger partial charge on any atom is 0.416 e. The van der Waals surface area contributed by atoms with Crippen molar-refractivity contribution in [2.24, 2.45) is 16.5 Å². The molecule has 0 aromatic heterocycles. The number of fused-ring (bicyclic) bond motifs is 1. The fourth-order valence-electron chi connectivity index (χ4n) is 4.76. The number of nitrogens with two attached hydrogens (primary N) is 2. The molecule has 9 nitrogen and oxygen atoms in total. The number of hydrogen-bond donors (Lipinski definition) is 5. The Morgan fingerprint density at radius 3 is 2.09 bits per heavy atom. The fraction of sp³-hybridized carbons (Fsp3) is 0.235. The molecule has 46 heavy (non-hydrogen) atoms. The van der Waals surface area contributed by atoms with Crippen LogP contribution in [0.4, 0.5) is 13.2 Å². The number of rotatable bonds is 12. The van der Waals surface area contributed by atoms with Gasteiger partial charge in [0.2, 0.25) is 5.91 Å². The van der Waals surface area contributed by atoms with Gasteiger partial charge in [0.1, 0.15) is 6.04 Å². The van der Waals surface area contributed by atoms with Gasteiger partial charge in [0.05, 0.1) is 11.6 Å². The van der Waals surface area contributed by atoms with Gasteiger partial charge in [0.25, 0.3) is 11.8 Å². The molecule has 3 amide bonds. The zero-order chi connectivity index (χ0) is 33.3. The molecule has 0 unspecified atom stereocenters. The molecule has 4 rings (SSSR count). The van der Waals surface area contributed by atoms with Crippen molar-refractivity contribution in [2.45, 2.75) is 44.6 Å². The summed E-state index contributed by atoms with van der Waals surface area (Å²) in [7, 11) is 0. The Morgan fingerprint density at radius 1 is 0.804 bits per heavy atom. The summed E-state index contributed by atoms with van der Waals surface area (Å²) in [5.41, 5.74) is 11.9. The largest absolute Gasteiger partial charge is 0.416 e. The summed E-state index contributed by atoms with van der Waals surface area (Å²) in [4.78, 5) is 42.9. The maximum atomic E-state index is 13.4. The fourth-order valence-corrected chi connectivity index (χ4v) is 4.76. The normalized spacial score (nSPS) is 12.5. The van der Waals surface area contributed by atoms with Crippen molar-refractivity contribution in [1.29, 1.82) is 0 Å². The minimum absolute atomic E-state index is 0.0643. The second-order valence-corrected chi connectivity index (χ2v) is 10.8. The number of amides is 3. The molecule has 240 valence electrons. The van der Waals surface area contributed by atoms with E-state index in [0.717, 1.165) is 40.6 Å². The monoisotopic (exact) mass is 632 g/mol. The smallest absolute Gasteiger partial charge is 0.370 e. The number of halogens is 3. The molecule has 0 aliphatic heterocycles. The molecule has 0 heterocycles. The number of hydrogen-bond acceptors (Lipinski definition) is 4. The molecule has 7 N–H and O–H groups in total. The highest BCUT2D eigenvalue weighted by Crippen LogP contribution is 2.29. The second kappa shape index (κ2) is 15.1. The molecule has 0 spiro atoms. The van der Waals surface area contributed by atoms with Crippen molar-refractivity contribution >= 4 is 34.5 Å². The minimum atomic E-state index is -4.49. The number of aliphatic imine (C=N–C) groups is 1. The number of carbonyl (C=O) groups is 3. The van der Waals surface area contributed by atoms with E-state index in [-0.39, 0.29) is 43.0 Å². The molecule has 0 radical (unpaired) electrons. The number of guanidine groups is 1. The molecule has 0 saturated heterocycles.